The molecular formula is C10H16F3NO3. The fourth-order valence-corrected chi connectivity index (χ4v) is 1.56. The summed E-state index contributed by atoms with van der Waals surface area (Å²) in [5.74, 6) is -0.909. The molecule has 0 aromatic carbocycles. The van der Waals surface area contributed by atoms with Crippen LogP contribution in [0.4, 0.5) is 13.2 Å². The summed E-state index contributed by atoms with van der Waals surface area (Å²) in [6.07, 6.45) is -1.94. The van der Waals surface area contributed by atoms with Gasteiger partial charge >= 0.3 is 12.1 Å². The van der Waals surface area contributed by atoms with Crippen LogP contribution in [-0.4, -0.2) is 54.5 Å². The minimum Gasteiger partial charge on any atom is -0.480 e. The zero-order valence-corrected chi connectivity index (χ0v) is 9.37. The van der Waals surface area contributed by atoms with Crippen molar-refractivity contribution in [2.75, 3.05) is 26.3 Å². The molecule has 17 heavy (non-hydrogen) atoms. The molecule has 0 spiro atoms. The maximum atomic E-state index is 11.7. The molecule has 1 N–H and O–H groups in total. The van der Waals surface area contributed by atoms with Crippen molar-refractivity contribution >= 4 is 5.97 Å². The van der Waals surface area contributed by atoms with Crippen molar-refractivity contribution in [3.8, 4) is 0 Å². The zero-order chi connectivity index (χ0) is 12.9. The van der Waals surface area contributed by atoms with Crippen molar-refractivity contribution < 1.29 is 27.8 Å². The van der Waals surface area contributed by atoms with Gasteiger partial charge in [-0.2, -0.15) is 13.2 Å². The lowest BCUT2D eigenvalue weighted by atomic mass is 10.3. The highest BCUT2D eigenvalue weighted by Crippen LogP contribution is 2.26. The van der Waals surface area contributed by atoms with E-state index in [9.17, 15) is 18.0 Å². The number of carboxylic acids is 1. The molecule has 0 amide bonds. The number of alkyl halides is 3. The first kappa shape index (κ1) is 14.2. The molecule has 1 aliphatic carbocycles. The molecule has 0 unspecified atom stereocenters. The van der Waals surface area contributed by atoms with Crippen LogP contribution < -0.4 is 0 Å². The molecule has 0 aliphatic heterocycles. The fraction of sp³-hybridized carbons (Fsp3) is 0.900. The summed E-state index contributed by atoms with van der Waals surface area (Å²) in [7, 11) is 0. The Labute approximate surface area is 97.3 Å². The van der Waals surface area contributed by atoms with Crippen LogP contribution in [0.1, 0.15) is 19.3 Å². The highest BCUT2D eigenvalue weighted by Gasteiger charge is 2.30. The summed E-state index contributed by atoms with van der Waals surface area (Å²) in [5, 5.41) is 8.65. The third-order valence-corrected chi connectivity index (χ3v) is 2.40. The van der Waals surface area contributed by atoms with Crippen molar-refractivity contribution in [2.45, 2.75) is 31.5 Å². The van der Waals surface area contributed by atoms with Gasteiger partial charge < -0.3 is 9.84 Å². The number of carboxylic acid groups (broad SMARTS) is 1. The number of hydrogen-bond donors (Lipinski definition) is 1. The normalized spacial score (nSPS) is 16.5. The Morgan fingerprint density at radius 1 is 1.41 bits per heavy atom. The number of aliphatic carboxylic acids is 1. The predicted molar refractivity (Wildman–Crippen MR) is 53.7 cm³/mol. The van der Waals surface area contributed by atoms with E-state index in [1.54, 1.807) is 4.90 Å². The van der Waals surface area contributed by atoms with E-state index < -0.39 is 18.8 Å². The van der Waals surface area contributed by atoms with Gasteiger partial charge in [0.05, 0.1) is 6.54 Å². The van der Waals surface area contributed by atoms with Crippen molar-refractivity contribution in [2.24, 2.45) is 0 Å². The van der Waals surface area contributed by atoms with Gasteiger partial charge in [0.2, 0.25) is 0 Å². The summed E-state index contributed by atoms with van der Waals surface area (Å²) in [4.78, 5) is 12.3. The van der Waals surface area contributed by atoms with E-state index >= 15 is 0 Å². The molecule has 1 fully saturated rings. The molecule has 1 aliphatic rings. The van der Waals surface area contributed by atoms with E-state index in [1.807, 2.05) is 0 Å². The lowest BCUT2D eigenvalue weighted by Gasteiger charge is -2.19. The number of nitrogens with zero attached hydrogens (tertiary/aromatic N) is 1. The number of halogens is 3. The van der Waals surface area contributed by atoms with Crippen LogP contribution in [0.3, 0.4) is 0 Å². The van der Waals surface area contributed by atoms with Gasteiger partial charge in [-0.25, -0.2) is 0 Å². The first-order valence-electron chi connectivity index (χ1n) is 5.49. The second kappa shape index (κ2) is 6.20. The smallest absolute Gasteiger partial charge is 0.411 e. The highest BCUT2D eigenvalue weighted by molar-refractivity contribution is 5.69. The average Bonchev–Trinajstić information content (AvgIpc) is 2.96. The second-order valence-electron chi connectivity index (χ2n) is 4.12. The maximum absolute atomic E-state index is 11.7. The maximum Gasteiger partial charge on any atom is 0.411 e. The van der Waals surface area contributed by atoms with Gasteiger partial charge in [0.25, 0.3) is 0 Å². The van der Waals surface area contributed by atoms with Crippen LogP contribution in [0, 0.1) is 0 Å². The molecule has 100 valence electrons. The number of rotatable bonds is 8. The zero-order valence-electron chi connectivity index (χ0n) is 9.37. The number of ether oxygens (including phenoxy) is 1. The number of carbonyl (C=O) groups is 1. The summed E-state index contributed by atoms with van der Waals surface area (Å²) in [6.45, 7) is -0.823. The largest absolute Gasteiger partial charge is 0.480 e. The van der Waals surface area contributed by atoms with Gasteiger partial charge in [0, 0.05) is 19.2 Å². The molecule has 0 atom stereocenters. The van der Waals surface area contributed by atoms with Crippen molar-refractivity contribution in [1.29, 1.82) is 0 Å². The van der Waals surface area contributed by atoms with Crippen molar-refractivity contribution in [3.05, 3.63) is 0 Å². The van der Waals surface area contributed by atoms with E-state index in [4.69, 9.17) is 5.11 Å². The molecule has 0 aromatic rings. The Morgan fingerprint density at radius 2 is 2.06 bits per heavy atom. The molecule has 0 aromatic heterocycles. The van der Waals surface area contributed by atoms with E-state index in [-0.39, 0.29) is 19.2 Å². The molecule has 0 heterocycles. The molecule has 1 saturated carbocycles. The average molecular weight is 255 g/mol. The summed E-state index contributed by atoms with van der Waals surface area (Å²) >= 11 is 0. The van der Waals surface area contributed by atoms with Crippen LogP contribution in [-0.2, 0) is 9.53 Å². The molecule has 0 radical (unpaired) electrons. The van der Waals surface area contributed by atoms with Crippen LogP contribution in [0.15, 0.2) is 0 Å². The van der Waals surface area contributed by atoms with Gasteiger partial charge in [0.1, 0.15) is 6.61 Å². The van der Waals surface area contributed by atoms with E-state index in [2.05, 4.69) is 4.74 Å². The van der Waals surface area contributed by atoms with Crippen LogP contribution >= 0.6 is 0 Å². The third-order valence-electron chi connectivity index (χ3n) is 2.40. The van der Waals surface area contributed by atoms with Gasteiger partial charge in [-0.3, -0.25) is 9.69 Å². The molecular weight excluding hydrogens is 239 g/mol. The molecule has 0 saturated heterocycles. The molecule has 0 bridgehead atoms. The fourth-order valence-electron chi connectivity index (χ4n) is 1.56. The second-order valence-corrected chi connectivity index (χ2v) is 4.12. The molecule has 4 nitrogen and oxygen atoms in total. The monoisotopic (exact) mass is 255 g/mol. The van der Waals surface area contributed by atoms with Gasteiger partial charge in [-0.05, 0) is 19.3 Å². The Hall–Kier alpha value is -0.820. The lowest BCUT2D eigenvalue weighted by Crippen LogP contribution is -2.33. The topological polar surface area (TPSA) is 49.8 Å². The summed E-state index contributed by atoms with van der Waals surface area (Å²) < 4.78 is 39.7. The first-order chi connectivity index (χ1) is 7.88. The third kappa shape index (κ3) is 7.17. The van der Waals surface area contributed by atoms with Gasteiger partial charge in [-0.15, -0.1) is 0 Å². The predicted octanol–water partition coefficient (Wildman–Crippen LogP) is 1.50. The minimum atomic E-state index is -4.29. The minimum absolute atomic E-state index is 0.00233. The highest BCUT2D eigenvalue weighted by atomic mass is 19.4. The molecule has 1 rings (SSSR count). The van der Waals surface area contributed by atoms with Crippen LogP contribution in [0.2, 0.25) is 0 Å². The summed E-state index contributed by atoms with van der Waals surface area (Å²) in [5.41, 5.74) is 0. The first-order valence-corrected chi connectivity index (χ1v) is 5.49. The quantitative estimate of drug-likeness (QED) is 0.668. The Bertz CT molecular complexity index is 254. The van der Waals surface area contributed by atoms with Crippen LogP contribution in [0.25, 0.3) is 0 Å². The van der Waals surface area contributed by atoms with E-state index in [0.29, 0.717) is 13.0 Å². The SMILES string of the molecule is O=C(O)CN(CCCOCC(F)(F)F)C1CC1. The Kier molecular flexibility index (Phi) is 5.20. The van der Waals surface area contributed by atoms with Crippen LogP contribution in [0.5, 0.6) is 0 Å². The standard InChI is InChI=1S/C10H16F3NO3/c11-10(12,13)7-17-5-1-4-14(6-9(15)16)8-2-3-8/h8H,1-7H2,(H,15,16). The summed E-state index contributed by atoms with van der Waals surface area (Å²) in [6, 6.07) is 0.286. The van der Waals surface area contributed by atoms with Crippen molar-refractivity contribution in [1.82, 2.24) is 4.90 Å². The Balaban J connectivity index is 2.08. The van der Waals surface area contributed by atoms with E-state index in [0.717, 1.165) is 12.8 Å². The van der Waals surface area contributed by atoms with Gasteiger partial charge in [-0.1, -0.05) is 0 Å². The van der Waals surface area contributed by atoms with Crippen molar-refractivity contribution in [3.63, 3.8) is 0 Å². The number of hydrogen-bond acceptors (Lipinski definition) is 3. The van der Waals surface area contributed by atoms with E-state index in [1.165, 1.54) is 0 Å². The van der Waals surface area contributed by atoms with Gasteiger partial charge in [0.15, 0.2) is 0 Å². The molecule has 7 heteroatoms. The Morgan fingerprint density at radius 3 is 2.53 bits per heavy atom. The lowest BCUT2D eigenvalue weighted by molar-refractivity contribution is -0.174.